The first kappa shape index (κ1) is 19.2. The highest BCUT2D eigenvalue weighted by molar-refractivity contribution is 14.0. The number of guanidine groups is 1. The minimum atomic E-state index is 0. The first-order chi connectivity index (χ1) is 10.0. The maximum absolute atomic E-state index is 5.97. The molecular formula is C17H29IN4. The molecule has 0 radical (unpaired) electrons. The molecule has 1 aliphatic rings. The van der Waals surface area contributed by atoms with Gasteiger partial charge in [-0.05, 0) is 49.4 Å². The zero-order chi connectivity index (χ0) is 15.2. The van der Waals surface area contributed by atoms with E-state index in [4.69, 9.17) is 5.73 Å². The zero-order valence-electron chi connectivity index (χ0n) is 13.9. The number of aryl methyl sites for hydroxylation is 1. The Hall–Kier alpha value is -0.820. The number of nitrogens with one attached hydrogen (secondary N) is 1. The van der Waals surface area contributed by atoms with E-state index in [9.17, 15) is 0 Å². The van der Waals surface area contributed by atoms with Crippen LogP contribution in [0.15, 0.2) is 29.3 Å². The maximum Gasteiger partial charge on any atom is 0.193 e. The second-order valence-electron chi connectivity index (χ2n) is 6.53. The summed E-state index contributed by atoms with van der Waals surface area (Å²) in [5.41, 5.74) is 8.19. The Balaban J connectivity index is 0.00000242. The predicted octanol–water partition coefficient (Wildman–Crippen LogP) is 3.32. The minimum Gasteiger partial charge on any atom is -0.370 e. The molecule has 0 aromatic heterocycles. The van der Waals surface area contributed by atoms with Crippen LogP contribution in [0.25, 0.3) is 0 Å². The topological polar surface area (TPSA) is 53.6 Å². The van der Waals surface area contributed by atoms with Crippen LogP contribution < -0.4 is 11.1 Å². The number of halogens is 1. The number of benzene rings is 1. The van der Waals surface area contributed by atoms with Crippen LogP contribution in [-0.4, -0.2) is 37.0 Å². The van der Waals surface area contributed by atoms with Crippen LogP contribution in [0.3, 0.4) is 0 Å². The standard InChI is InChI=1S/C17H28N4.HI/c1-13(2)11-21-8-7-15(12-21)10-19-17(18)20-16-6-4-5-14(3)9-16;/h4-6,9,13,15H,7-8,10-12H2,1-3H3,(H3,18,19,20);1H. The highest BCUT2D eigenvalue weighted by atomic mass is 127. The molecule has 1 unspecified atom stereocenters. The Labute approximate surface area is 151 Å². The lowest BCUT2D eigenvalue weighted by Gasteiger charge is -2.17. The smallest absolute Gasteiger partial charge is 0.193 e. The maximum atomic E-state index is 5.97. The highest BCUT2D eigenvalue weighted by Crippen LogP contribution is 2.17. The zero-order valence-corrected chi connectivity index (χ0v) is 16.2. The van der Waals surface area contributed by atoms with Crippen LogP contribution >= 0.6 is 24.0 Å². The Morgan fingerprint density at radius 3 is 2.91 bits per heavy atom. The summed E-state index contributed by atoms with van der Waals surface area (Å²) < 4.78 is 0. The summed E-state index contributed by atoms with van der Waals surface area (Å²) in [5.74, 6) is 1.89. The number of rotatable bonds is 5. The van der Waals surface area contributed by atoms with Gasteiger partial charge in [-0.1, -0.05) is 26.0 Å². The molecule has 1 atom stereocenters. The number of nitrogens with two attached hydrogens (primary N) is 1. The summed E-state index contributed by atoms with van der Waals surface area (Å²) in [6.45, 7) is 11.0. The SMILES string of the molecule is Cc1cccc(NC(N)=NCC2CCN(CC(C)C)C2)c1.I. The molecule has 1 aliphatic heterocycles. The molecule has 1 aromatic carbocycles. The van der Waals surface area contributed by atoms with Crippen LogP contribution in [0.5, 0.6) is 0 Å². The molecule has 1 saturated heterocycles. The molecule has 0 aliphatic carbocycles. The van der Waals surface area contributed by atoms with E-state index in [-0.39, 0.29) is 24.0 Å². The monoisotopic (exact) mass is 416 g/mol. The normalized spacial score (nSPS) is 19.3. The van der Waals surface area contributed by atoms with Crippen molar-refractivity contribution in [2.45, 2.75) is 27.2 Å². The Kier molecular flexibility index (Phi) is 8.17. The molecule has 1 fully saturated rings. The van der Waals surface area contributed by atoms with E-state index in [1.54, 1.807) is 0 Å². The number of anilines is 1. The number of aliphatic imine (C=N–C) groups is 1. The van der Waals surface area contributed by atoms with Crippen molar-refractivity contribution >= 4 is 35.6 Å². The second kappa shape index (κ2) is 9.35. The average Bonchev–Trinajstić information content (AvgIpc) is 2.83. The van der Waals surface area contributed by atoms with Gasteiger partial charge in [-0.2, -0.15) is 0 Å². The molecule has 4 nitrogen and oxygen atoms in total. The Morgan fingerprint density at radius 1 is 1.45 bits per heavy atom. The third kappa shape index (κ3) is 6.52. The van der Waals surface area contributed by atoms with E-state index < -0.39 is 0 Å². The lowest BCUT2D eigenvalue weighted by atomic mass is 10.1. The lowest BCUT2D eigenvalue weighted by Crippen LogP contribution is -2.26. The van der Waals surface area contributed by atoms with Gasteiger partial charge in [0.05, 0.1) is 0 Å². The first-order valence-electron chi connectivity index (χ1n) is 7.89. The summed E-state index contributed by atoms with van der Waals surface area (Å²) in [5, 5.41) is 3.16. The molecule has 22 heavy (non-hydrogen) atoms. The van der Waals surface area contributed by atoms with Crippen LogP contribution in [0.1, 0.15) is 25.8 Å². The van der Waals surface area contributed by atoms with Crippen molar-refractivity contribution in [3.63, 3.8) is 0 Å². The van der Waals surface area contributed by atoms with E-state index in [0.717, 1.165) is 24.7 Å². The average molecular weight is 416 g/mol. The number of likely N-dealkylation sites (tertiary alicyclic amines) is 1. The van der Waals surface area contributed by atoms with E-state index in [2.05, 4.69) is 48.1 Å². The van der Waals surface area contributed by atoms with Crippen molar-refractivity contribution in [3.8, 4) is 0 Å². The fourth-order valence-corrected chi connectivity index (χ4v) is 2.88. The molecule has 0 amide bonds. The van der Waals surface area contributed by atoms with Gasteiger partial charge in [0.2, 0.25) is 0 Å². The van der Waals surface area contributed by atoms with E-state index in [1.807, 2.05) is 12.1 Å². The third-order valence-electron chi connectivity index (χ3n) is 3.80. The van der Waals surface area contributed by atoms with Gasteiger partial charge in [0.1, 0.15) is 0 Å². The molecular weight excluding hydrogens is 387 g/mol. The summed E-state index contributed by atoms with van der Waals surface area (Å²) in [6, 6.07) is 8.17. The van der Waals surface area contributed by atoms with Gasteiger partial charge in [0, 0.05) is 25.3 Å². The predicted molar refractivity (Wildman–Crippen MR) is 106 cm³/mol. The summed E-state index contributed by atoms with van der Waals surface area (Å²) in [6.07, 6.45) is 1.23. The third-order valence-corrected chi connectivity index (χ3v) is 3.80. The van der Waals surface area contributed by atoms with Crippen LogP contribution in [0.2, 0.25) is 0 Å². The molecule has 1 aromatic rings. The van der Waals surface area contributed by atoms with E-state index >= 15 is 0 Å². The van der Waals surface area contributed by atoms with Crippen LogP contribution in [-0.2, 0) is 0 Å². The van der Waals surface area contributed by atoms with Crippen molar-refractivity contribution in [2.75, 3.05) is 31.5 Å². The van der Waals surface area contributed by atoms with Gasteiger partial charge < -0.3 is 16.0 Å². The fraction of sp³-hybridized carbons (Fsp3) is 0.588. The number of hydrogen-bond donors (Lipinski definition) is 2. The van der Waals surface area contributed by atoms with Crippen molar-refractivity contribution in [2.24, 2.45) is 22.6 Å². The first-order valence-corrected chi connectivity index (χ1v) is 7.89. The van der Waals surface area contributed by atoms with Crippen molar-refractivity contribution in [1.82, 2.24) is 4.90 Å². The molecule has 0 saturated carbocycles. The molecule has 0 bridgehead atoms. The minimum absolute atomic E-state index is 0. The summed E-state index contributed by atoms with van der Waals surface area (Å²) in [7, 11) is 0. The van der Waals surface area contributed by atoms with Crippen molar-refractivity contribution in [1.29, 1.82) is 0 Å². The van der Waals surface area contributed by atoms with Gasteiger partial charge in [0.25, 0.3) is 0 Å². The van der Waals surface area contributed by atoms with Crippen molar-refractivity contribution in [3.05, 3.63) is 29.8 Å². The molecule has 1 heterocycles. The van der Waals surface area contributed by atoms with E-state index in [0.29, 0.717) is 11.9 Å². The quantitative estimate of drug-likeness (QED) is 0.440. The van der Waals surface area contributed by atoms with Crippen molar-refractivity contribution < 1.29 is 0 Å². The fourth-order valence-electron chi connectivity index (χ4n) is 2.88. The summed E-state index contributed by atoms with van der Waals surface area (Å²) in [4.78, 5) is 7.04. The highest BCUT2D eigenvalue weighted by Gasteiger charge is 2.22. The second-order valence-corrected chi connectivity index (χ2v) is 6.53. The van der Waals surface area contributed by atoms with Gasteiger partial charge in [0.15, 0.2) is 5.96 Å². The van der Waals surface area contributed by atoms with Gasteiger partial charge in [-0.15, -0.1) is 24.0 Å². The largest absolute Gasteiger partial charge is 0.370 e. The lowest BCUT2D eigenvalue weighted by molar-refractivity contribution is 0.288. The van der Waals surface area contributed by atoms with Gasteiger partial charge >= 0.3 is 0 Å². The van der Waals surface area contributed by atoms with Crippen LogP contribution in [0.4, 0.5) is 5.69 Å². The van der Waals surface area contributed by atoms with Gasteiger partial charge in [-0.3, -0.25) is 4.99 Å². The molecule has 5 heteroatoms. The molecule has 2 rings (SSSR count). The molecule has 124 valence electrons. The molecule has 0 spiro atoms. The Bertz CT molecular complexity index is 487. The number of hydrogen-bond acceptors (Lipinski definition) is 2. The van der Waals surface area contributed by atoms with E-state index in [1.165, 1.54) is 25.1 Å². The molecule has 3 N–H and O–H groups in total. The van der Waals surface area contributed by atoms with Crippen LogP contribution in [0, 0.1) is 18.8 Å². The summed E-state index contributed by atoms with van der Waals surface area (Å²) >= 11 is 0. The Morgan fingerprint density at radius 2 is 2.23 bits per heavy atom. The van der Waals surface area contributed by atoms with Gasteiger partial charge in [-0.25, -0.2) is 0 Å². The number of nitrogens with zero attached hydrogens (tertiary/aromatic N) is 2.